The summed E-state index contributed by atoms with van der Waals surface area (Å²) in [6, 6.07) is 14.8. The van der Waals surface area contributed by atoms with Gasteiger partial charge in [0.25, 0.3) is 0 Å². The van der Waals surface area contributed by atoms with Crippen molar-refractivity contribution in [2.45, 2.75) is 18.4 Å². The standard InChI is InChI=1S/C22H21N5O3S/c1-13-18(19-15(20(23)28)9-6-10-16(19)26-13)22-25-12-17(31(2,29)30)21(27-22)24-11-14-7-4-3-5-8-14/h3-10,12,26H,11H2,1-2H3,(H2,23,28)(H,24,25,27). The van der Waals surface area contributed by atoms with Gasteiger partial charge in [-0.25, -0.2) is 18.4 Å². The number of hydrogen-bond acceptors (Lipinski definition) is 6. The first-order chi connectivity index (χ1) is 14.8. The van der Waals surface area contributed by atoms with Crippen molar-refractivity contribution < 1.29 is 13.2 Å². The fraction of sp³-hybridized carbons (Fsp3) is 0.136. The Morgan fingerprint density at radius 3 is 2.55 bits per heavy atom. The van der Waals surface area contributed by atoms with Crippen molar-refractivity contribution in [1.29, 1.82) is 0 Å². The number of anilines is 1. The number of H-pyrrole nitrogens is 1. The predicted molar refractivity (Wildman–Crippen MR) is 119 cm³/mol. The summed E-state index contributed by atoms with van der Waals surface area (Å²) in [5.74, 6) is -0.0805. The first-order valence-corrected chi connectivity index (χ1v) is 11.4. The minimum absolute atomic E-state index is 0.000185. The molecule has 2 heterocycles. The van der Waals surface area contributed by atoms with Crippen LogP contribution in [0.3, 0.4) is 0 Å². The molecule has 158 valence electrons. The number of aromatic nitrogens is 3. The predicted octanol–water partition coefficient (Wildman–Crippen LogP) is 3.05. The molecule has 4 rings (SSSR count). The summed E-state index contributed by atoms with van der Waals surface area (Å²) in [5, 5.41) is 3.72. The number of rotatable bonds is 6. The van der Waals surface area contributed by atoms with Gasteiger partial charge in [-0.3, -0.25) is 4.79 Å². The molecule has 0 atom stereocenters. The zero-order valence-corrected chi connectivity index (χ0v) is 17.8. The molecule has 0 aliphatic heterocycles. The van der Waals surface area contributed by atoms with E-state index < -0.39 is 15.7 Å². The molecule has 2 aromatic carbocycles. The van der Waals surface area contributed by atoms with E-state index >= 15 is 0 Å². The third-order valence-electron chi connectivity index (χ3n) is 4.96. The third kappa shape index (κ3) is 3.99. The number of fused-ring (bicyclic) bond motifs is 1. The summed E-state index contributed by atoms with van der Waals surface area (Å²) in [6.45, 7) is 2.23. The van der Waals surface area contributed by atoms with Crippen LogP contribution in [0.4, 0.5) is 5.82 Å². The Balaban J connectivity index is 1.87. The second-order valence-electron chi connectivity index (χ2n) is 7.24. The van der Waals surface area contributed by atoms with Crippen LogP contribution < -0.4 is 11.1 Å². The second kappa shape index (κ2) is 7.84. The molecule has 1 amide bonds. The SMILES string of the molecule is Cc1[nH]c2cccc(C(N)=O)c2c1-c1ncc(S(C)(=O)=O)c(NCc2ccccc2)n1. The first-order valence-electron chi connectivity index (χ1n) is 9.52. The lowest BCUT2D eigenvalue weighted by atomic mass is 10.0. The highest BCUT2D eigenvalue weighted by atomic mass is 32.2. The Kier molecular flexibility index (Phi) is 5.20. The Morgan fingerprint density at radius 1 is 1.13 bits per heavy atom. The number of nitrogens with one attached hydrogen (secondary N) is 2. The fourth-order valence-electron chi connectivity index (χ4n) is 3.53. The number of sulfone groups is 1. The number of amides is 1. The normalized spacial score (nSPS) is 11.5. The lowest BCUT2D eigenvalue weighted by Gasteiger charge is -2.12. The maximum atomic E-state index is 12.3. The molecule has 2 aromatic heterocycles. The van der Waals surface area contributed by atoms with Crippen molar-refractivity contribution >= 4 is 32.5 Å². The topological polar surface area (TPSA) is 131 Å². The molecule has 4 N–H and O–H groups in total. The average Bonchev–Trinajstić information content (AvgIpc) is 3.07. The summed E-state index contributed by atoms with van der Waals surface area (Å²) >= 11 is 0. The Labute approximate surface area is 179 Å². The molecular formula is C22H21N5O3S. The van der Waals surface area contributed by atoms with Crippen LogP contribution in [0.25, 0.3) is 22.3 Å². The highest BCUT2D eigenvalue weighted by molar-refractivity contribution is 7.90. The molecule has 0 spiro atoms. The van der Waals surface area contributed by atoms with Crippen LogP contribution in [0, 0.1) is 6.92 Å². The number of aromatic amines is 1. The molecule has 0 radical (unpaired) electrons. The molecule has 0 fully saturated rings. The smallest absolute Gasteiger partial charge is 0.249 e. The molecule has 4 aromatic rings. The molecular weight excluding hydrogens is 414 g/mol. The zero-order valence-electron chi connectivity index (χ0n) is 17.0. The summed E-state index contributed by atoms with van der Waals surface area (Å²) in [7, 11) is -3.57. The maximum absolute atomic E-state index is 12.3. The Hall–Kier alpha value is -3.72. The lowest BCUT2D eigenvalue weighted by molar-refractivity contribution is 0.100. The van der Waals surface area contributed by atoms with E-state index in [0.29, 0.717) is 28.9 Å². The van der Waals surface area contributed by atoms with Crippen molar-refractivity contribution in [2.24, 2.45) is 5.73 Å². The molecule has 0 saturated heterocycles. The van der Waals surface area contributed by atoms with Crippen molar-refractivity contribution in [1.82, 2.24) is 15.0 Å². The Bertz CT molecular complexity index is 1400. The number of carbonyl (C=O) groups is 1. The van der Waals surface area contributed by atoms with Gasteiger partial charge in [-0.15, -0.1) is 0 Å². The van der Waals surface area contributed by atoms with Crippen LogP contribution >= 0.6 is 0 Å². The minimum Gasteiger partial charge on any atom is -0.366 e. The van der Waals surface area contributed by atoms with E-state index in [1.54, 1.807) is 12.1 Å². The van der Waals surface area contributed by atoms with Crippen molar-refractivity contribution in [3.05, 3.63) is 71.5 Å². The number of nitrogens with zero attached hydrogens (tertiary/aromatic N) is 2. The van der Waals surface area contributed by atoms with Gasteiger partial charge in [0, 0.05) is 40.5 Å². The molecule has 0 saturated carbocycles. The lowest BCUT2D eigenvalue weighted by Crippen LogP contribution is -2.12. The quantitative estimate of drug-likeness (QED) is 0.427. The fourth-order valence-corrected chi connectivity index (χ4v) is 4.25. The van der Waals surface area contributed by atoms with E-state index in [2.05, 4.69) is 20.3 Å². The van der Waals surface area contributed by atoms with Gasteiger partial charge in [0.2, 0.25) is 5.91 Å². The van der Waals surface area contributed by atoms with Crippen LogP contribution in [-0.4, -0.2) is 35.5 Å². The van der Waals surface area contributed by atoms with Crippen LogP contribution in [0.1, 0.15) is 21.6 Å². The Morgan fingerprint density at radius 2 is 1.87 bits per heavy atom. The molecule has 0 aliphatic rings. The highest BCUT2D eigenvalue weighted by Crippen LogP contribution is 2.34. The van der Waals surface area contributed by atoms with Gasteiger partial charge in [0.15, 0.2) is 15.7 Å². The van der Waals surface area contributed by atoms with E-state index in [4.69, 9.17) is 5.73 Å². The number of hydrogen-bond donors (Lipinski definition) is 3. The largest absolute Gasteiger partial charge is 0.366 e. The van der Waals surface area contributed by atoms with Crippen molar-refractivity contribution in [3.8, 4) is 11.4 Å². The van der Waals surface area contributed by atoms with Crippen LogP contribution in [-0.2, 0) is 16.4 Å². The van der Waals surface area contributed by atoms with E-state index in [0.717, 1.165) is 23.0 Å². The molecule has 0 bridgehead atoms. The molecule has 0 unspecified atom stereocenters. The highest BCUT2D eigenvalue weighted by Gasteiger charge is 2.22. The summed E-state index contributed by atoms with van der Waals surface area (Å²) in [5.41, 5.74) is 8.95. The number of nitrogens with two attached hydrogens (primary N) is 1. The van der Waals surface area contributed by atoms with Gasteiger partial charge in [0.05, 0.1) is 6.20 Å². The van der Waals surface area contributed by atoms with E-state index in [1.165, 1.54) is 6.20 Å². The van der Waals surface area contributed by atoms with E-state index in [-0.39, 0.29) is 10.7 Å². The molecule has 9 heteroatoms. The van der Waals surface area contributed by atoms with Gasteiger partial charge in [-0.2, -0.15) is 0 Å². The van der Waals surface area contributed by atoms with Gasteiger partial charge < -0.3 is 16.0 Å². The monoisotopic (exact) mass is 435 g/mol. The van der Waals surface area contributed by atoms with Crippen LogP contribution in [0.2, 0.25) is 0 Å². The zero-order chi connectivity index (χ0) is 22.2. The second-order valence-corrected chi connectivity index (χ2v) is 9.22. The van der Waals surface area contributed by atoms with E-state index in [1.807, 2.05) is 43.3 Å². The van der Waals surface area contributed by atoms with E-state index in [9.17, 15) is 13.2 Å². The molecule has 8 nitrogen and oxygen atoms in total. The number of aryl methyl sites for hydroxylation is 1. The molecule has 31 heavy (non-hydrogen) atoms. The first kappa shape index (κ1) is 20.5. The van der Waals surface area contributed by atoms with Crippen LogP contribution in [0.5, 0.6) is 0 Å². The van der Waals surface area contributed by atoms with Crippen molar-refractivity contribution in [3.63, 3.8) is 0 Å². The molecule has 0 aliphatic carbocycles. The van der Waals surface area contributed by atoms with Gasteiger partial charge in [-0.05, 0) is 24.6 Å². The van der Waals surface area contributed by atoms with Crippen molar-refractivity contribution in [2.75, 3.05) is 11.6 Å². The van der Waals surface area contributed by atoms with Crippen LogP contribution in [0.15, 0.2) is 59.6 Å². The number of carbonyl (C=O) groups excluding carboxylic acids is 1. The minimum atomic E-state index is -3.57. The maximum Gasteiger partial charge on any atom is 0.249 e. The number of primary amides is 1. The summed E-state index contributed by atoms with van der Waals surface area (Å²) in [4.78, 5) is 24.1. The summed E-state index contributed by atoms with van der Waals surface area (Å²) < 4.78 is 24.6. The van der Waals surface area contributed by atoms with Gasteiger partial charge >= 0.3 is 0 Å². The average molecular weight is 436 g/mol. The van der Waals surface area contributed by atoms with Gasteiger partial charge in [-0.1, -0.05) is 36.4 Å². The van der Waals surface area contributed by atoms with Gasteiger partial charge in [0.1, 0.15) is 10.7 Å². The number of benzene rings is 2. The third-order valence-corrected chi connectivity index (χ3v) is 6.06. The summed E-state index contributed by atoms with van der Waals surface area (Å²) in [6.07, 6.45) is 2.40.